The Balaban J connectivity index is 2.52. The van der Waals surface area contributed by atoms with Crippen molar-refractivity contribution in [2.45, 2.75) is 33.6 Å². The van der Waals surface area contributed by atoms with Gasteiger partial charge in [-0.2, -0.15) is 0 Å². The van der Waals surface area contributed by atoms with E-state index < -0.39 is 17.3 Å². The van der Waals surface area contributed by atoms with Gasteiger partial charge in [-0.3, -0.25) is 9.59 Å². The first-order chi connectivity index (χ1) is 7.25. The molecule has 3 saturated carbocycles. The molecule has 0 saturated heterocycles. The molecule has 90 valence electrons. The minimum Gasteiger partial charge on any atom is -0.481 e. The van der Waals surface area contributed by atoms with E-state index in [9.17, 15) is 14.7 Å². The van der Waals surface area contributed by atoms with E-state index in [1.54, 1.807) is 0 Å². The molecule has 3 rings (SSSR count). The Morgan fingerprint density at radius 2 is 1.81 bits per heavy atom. The van der Waals surface area contributed by atoms with Crippen LogP contribution in [0.15, 0.2) is 0 Å². The molecule has 3 aliphatic rings. The Morgan fingerprint density at radius 1 is 1.25 bits per heavy atom. The van der Waals surface area contributed by atoms with Gasteiger partial charge in [0.15, 0.2) is 0 Å². The number of rotatable bonds is 2. The lowest BCUT2D eigenvalue weighted by molar-refractivity contribution is -0.226. The van der Waals surface area contributed by atoms with Gasteiger partial charge in [0.1, 0.15) is 0 Å². The molecule has 0 aromatic rings. The summed E-state index contributed by atoms with van der Waals surface area (Å²) in [5.41, 5.74) is -1.40. The van der Waals surface area contributed by atoms with Crippen LogP contribution in [0.4, 0.5) is 0 Å². The third-order valence-corrected chi connectivity index (χ3v) is 5.51. The molecule has 3 fully saturated rings. The Hall–Kier alpha value is -1.06. The first-order valence-electron chi connectivity index (χ1n) is 5.57. The number of hydrogen-bond donors (Lipinski definition) is 1. The van der Waals surface area contributed by atoms with E-state index in [4.69, 9.17) is 4.74 Å². The molecule has 4 nitrogen and oxygen atoms in total. The van der Waals surface area contributed by atoms with Crippen LogP contribution in [0.3, 0.4) is 0 Å². The van der Waals surface area contributed by atoms with Gasteiger partial charge in [0.05, 0.1) is 18.4 Å². The van der Waals surface area contributed by atoms with Gasteiger partial charge >= 0.3 is 11.9 Å². The monoisotopic (exact) mass is 226 g/mol. The minimum atomic E-state index is -0.871. The van der Waals surface area contributed by atoms with Crippen LogP contribution in [0.2, 0.25) is 0 Å². The molecule has 0 aromatic heterocycles. The normalized spacial score (nSPS) is 43.6. The van der Waals surface area contributed by atoms with E-state index in [0.717, 1.165) is 6.42 Å². The van der Waals surface area contributed by atoms with Gasteiger partial charge in [0.2, 0.25) is 0 Å². The van der Waals surface area contributed by atoms with Crippen molar-refractivity contribution >= 4 is 11.9 Å². The lowest BCUT2D eigenvalue weighted by Crippen LogP contribution is -2.68. The summed E-state index contributed by atoms with van der Waals surface area (Å²) < 4.78 is 4.83. The summed E-state index contributed by atoms with van der Waals surface area (Å²) in [5.74, 6) is -1.83. The van der Waals surface area contributed by atoms with E-state index in [2.05, 4.69) is 0 Å². The maximum atomic E-state index is 12.0. The molecule has 1 N–H and O–H groups in total. The van der Waals surface area contributed by atoms with E-state index in [1.165, 1.54) is 7.11 Å². The predicted molar refractivity (Wildman–Crippen MR) is 56.7 cm³/mol. The summed E-state index contributed by atoms with van der Waals surface area (Å²) in [6.07, 6.45) is 1.41. The standard InChI is InChI=1S/C12H18O4/c1-10(2)11(3)5-6-12(10,9(15)16-4)7(11)8(13)14/h7H,5-6H2,1-4H3,(H,13,14)/t7-,11-,12-/m0/s1. The minimum absolute atomic E-state index is 0.285. The summed E-state index contributed by atoms with van der Waals surface area (Å²) in [7, 11) is 1.33. The van der Waals surface area contributed by atoms with Crippen molar-refractivity contribution in [2.75, 3.05) is 7.11 Å². The summed E-state index contributed by atoms with van der Waals surface area (Å²) in [4.78, 5) is 23.3. The van der Waals surface area contributed by atoms with E-state index in [1.807, 2.05) is 20.8 Å². The van der Waals surface area contributed by atoms with Gasteiger partial charge in [0, 0.05) is 0 Å². The van der Waals surface area contributed by atoms with Crippen LogP contribution in [0.5, 0.6) is 0 Å². The molecule has 0 heterocycles. The Bertz CT molecular complexity index is 373. The summed E-state index contributed by atoms with van der Waals surface area (Å²) in [6, 6.07) is 0. The maximum Gasteiger partial charge on any atom is 0.313 e. The average Bonchev–Trinajstić information content (AvgIpc) is 2.63. The lowest BCUT2D eigenvalue weighted by Gasteiger charge is -2.63. The van der Waals surface area contributed by atoms with E-state index in [0.29, 0.717) is 6.42 Å². The van der Waals surface area contributed by atoms with Gasteiger partial charge in [0.25, 0.3) is 0 Å². The largest absolute Gasteiger partial charge is 0.481 e. The van der Waals surface area contributed by atoms with Crippen LogP contribution < -0.4 is 0 Å². The molecule has 0 radical (unpaired) electrons. The first kappa shape index (κ1) is 11.4. The molecule has 0 aliphatic heterocycles. The van der Waals surface area contributed by atoms with Gasteiger partial charge in [-0.05, 0) is 23.7 Å². The van der Waals surface area contributed by atoms with Crippen LogP contribution in [0, 0.1) is 22.2 Å². The van der Waals surface area contributed by atoms with Crippen molar-refractivity contribution in [3.05, 3.63) is 0 Å². The van der Waals surface area contributed by atoms with Crippen LogP contribution in [0.1, 0.15) is 33.6 Å². The number of hydrogen-bond acceptors (Lipinski definition) is 3. The average molecular weight is 226 g/mol. The Labute approximate surface area is 95.0 Å². The van der Waals surface area contributed by atoms with Crippen LogP contribution in [-0.4, -0.2) is 24.2 Å². The molecule has 0 spiro atoms. The number of carboxylic acid groups (broad SMARTS) is 1. The van der Waals surface area contributed by atoms with Gasteiger partial charge in [-0.1, -0.05) is 20.8 Å². The van der Waals surface area contributed by atoms with Crippen molar-refractivity contribution in [1.82, 2.24) is 0 Å². The van der Waals surface area contributed by atoms with Crippen molar-refractivity contribution in [3.8, 4) is 0 Å². The highest BCUT2D eigenvalue weighted by Gasteiger charge is 2.83. The first-order valence-corrected chi connectivity index (χ1v) is 5.57. The van der Waals surface area contributed by atoms with E-state index >= 15 is 0 Å². The zero-order chi connectivity index (χ0) is 12.4. The molecular formula is C12H18O4. The van der Waals surface area contributed by atoms with Crippen molar-refractivity contribution in [1.29, 1.82) is 0 Å². The quantitative estimate of drug-likeness (QED) is 0.728. The summed E-state index contributed by atoms with van der Waals surface area (Å²) >= 11 is 0. The highest BCUT2D eigenvalue weighted by atomic mass is 16.5. The van der Waals surface area contributed by atoms with Crippen molar-refractivity contribution < 1.29 is 19.4 Å². The second-order valence-electron chi connectivity index (χ2n) is 5.78. The molecular weight excluding hydrogens is 208 g/mol. The maximum absolute atomic E-state index is 12.0. The lowest BCUT2D eigenvalue weighted by atomic mass is 9.38. The SMILES string of the molecule is COC(=O)[C@]12CC[C@@](C)([C@@H]1C(=O)O)C2(C)C. The highest BCUT2D eigenvalue weighted by Crippen LogP contribution is 2.81. The van der Waals surface area contributed by atoms with Crippen LogP contribution in [0.25, 0.3) is 0 Å². The van der Waals surface area contributed by atoms with Crippen LogP contribution >= 0.6 is 0 Å². The predicted octanol–water partition coefficient (Wildman–Crippen LogP) is 1.69. The topological polar surface area (TPSA) is 63.6 Å². The molecule has 3 aliphatic carbocycles. The second-order valence-corrected chi connectivity index (χ2v) is 5.78. The number of carboxylic acids is 1. The Morgan fingerprint density at radius 3 is 2.19 bits per heavy atom. The molecule has 0 amide bonds. The zero-order valence-corrected chi connectivity index (χ0v) is 10.2. The van der Waals surface area contributed by atoms with Gasteiger partial charge < -0.3 is 9.84 Å². The summed E-state index contributed by atoms with van der Waals surface area (Å²) in [5, 5.41) is 9.31. The second kappa shape index (κ2) is 2.79. The fourth-order valence-electron chi connectivity index (χ4n) is 4.21. The van der Waals surface area contributed by atoms with E-state index in [-0.39, 0.29) is 16.8 Å². The molecule has 3 atom stereocenters. The number of ether oxygens (including phenoxy) is 1. The smallest absolute Gasteiger partial charge is 0.313 e. The summed E-state index contributed by atoms with van der Waals surface area (Å²) in [6.45, 7) is 5.94. The fourth-order valence-corrected chi connectivity index (χ4v) is 4.21. The number of fused-ring (bicyclic) bond motifs is 1. The van der Waals surface area contributed by atoms with Crippen molar-refractivity contribution in [3.63, 3.8) is 0 Å². The molecule has 0 unspecified atom stereocenters. The molecule has 2 bridgehead atoms. The van der Waals surface area contributed by atoms with Gasteiger partial charge in [-0.15, -0.1) is 0 Å². The van der Waals surface area contributed by atoms with Gasteiger partial charge in [-0.25, -0.2) is 0 Å². The molecule has 0 aromatic carbocycles. The number of aliphatic carboxylic acids is 1. The van der Waals surface area contributed by atoms with Crippen LogP contribution in [-0.2, 0) is 14.3 Å². The highest BCUT2D eigenvalue weighted by molar-refractivity contribution is 5.90. The third kappa shape index (κ3) is 0.803. The fraction of sp³-hybridized carbons (Fsp3) is 0.833. The molecule has 4 heteroatoms. The van der Waals surface area contributed by atoms with Crippen molar-refractivity contribution in [2.24, 2.45) is 22.2 Å². The Kier molecular flexibility index (Phi) is 1.99. The molecule has 16 heavy (non-hydrogen) atoms. The zero-order valence-electron chi connectivity index (χ0n) is 10.2. The number of carbonyl (C=O) groups excluding carboxylic acids is 1. The number of carbonyl (C=O) groups is 2. The third-order valence-electron chi connectivity index (χ3n) is 5.51. The number of methoxy groups -OCH3 is 1. The number of esters is 1.